The molecule has 302 valence electrons. The van der Waals surface area contributed by atoms with E-state index in [1.54, 1.807) is 38.5 Å². The Morgan fingerprint density at radius 3 is 2.04 bits per heavy atom. The molecule has 4 aromatic rings. The van der Waals surface area contributed by atoms with Gasteiger partial charge in [0, 0.05) is 37.2 Å². The summed E-state index contributed by atoms with van der Waals surface area (Å²) < 4.78 is 76.9. The molecule has 0 amide bonds. The molecule has 1 N–H and O–H groups in total. The van der Waals surface area contributed by atoms with Crippen LogP contribution in [-0.2, 0) is 24.1 Å². The maximum absolute atomic E-state index is 18.0. The Labute approximate surface area is 331 Å². The molecule has 1 aromatic heterocycles. The molecule has 7 atom stereocenters. The van der Waals surface area contributed by atoms with Crippen LogP contribution >= 0.6 is 8.53 Å². The number of hydrogen-bond acceptors (Lipinski definition) is 10. The van der Waals surface area contributed by atoms with Crippen molar-refractivity contribution in [1.82, 2.24) is 14.2 Å². The molecule has 0 bridgehead atoms. The Morgan fingerprint density at radius 1 is 0.930 bits per heavy atom. The van der Waals surface area contributed by atoms with Gasteiger partial charge in [-0.05, 0) is 68.7 Å². The van der Waals surface area contributed by atoms with E-state index in [-0.39, 0.29) is 31.5 Å². The first-order valence-corrected chi connectivity index (χ1v) is 20.0. The number of H-pyrrole nitrogens is 1. The molecule has 7 rings (SSSR count). The predicted molar refractivity (Wildman–Crippen MR) is 208 cm³/mol. The van der Waals surface area contributed by atoms with Gasteiger partial charge in [-0.15, -0.1) is 0 Å². The van der Waals surface area contributed by atoms with E-state index in [0.29, 0.717) is 28.2 Å². The molecular weight excluding hydrogens is 757 g/mol. The standard InChI is InChI=1S/C42H47F2N4O8P/c1-27(2)48(28(3)4)57(53-24-10-22-45)56-40-25-39(44)26-41(39,37(40)54-36(35(40)43)47-23-21-34(49)46-38(47)50)55-42(29-11-8-7-9-12-29,30-13-17-32(51-5)18-14-30)31-15-19-33(52-6)20-16-31/h7-9,11-21,23,27-28,35-37H,10,24-26H2,1-6H3,(H,46,49,50)/t35-,36+,37-,39-,40-,41-,57?/m0/s1. The Morgan fingerprint density at radius 2 is 1.51 bits per heavy atom. The van der Waals surface area contributed by atoms with Gasteiger partial charge >= 0.3 is 5.69 Å². The molecule has 3 aromatic carbocycles. The van der Waals surface area contributed by atoms with Crippen LogP contribution in [-0.4, -0.2) is 76.3 Å². The minimum Gasteiger partial charge on any atom is -0.497 e. The van der Waals surface area contributed by atoms with E-state index < -0.39 is 67.2 Å². The molecule has 3 fully saturated rings. The van der Waals surface area contributed by atoms with Crippen molar-refractivity contribution in [2.45, 2.75) is 100 Å². The van der Waals surface area contributed by atoms with Crippen LogP contribution in [0.25, 0.3) is 0 Å². The lowest BCUT2D eigenvalue weighted by molar-refractivity contribution is -0.167. The van der Waals surface area contributed by atoms with Crippen LogP contribution in [0.2, 0.25) is 0 Å². The number of aromatic nitrogens is 2. The topological polar surface area (TPSA) is 137 Å². The van der Waals surface area contributed by atoms with Crippen LogP contribution in [0, 0.1) is 11.3 Å². The Kier molecular flexibility index (Phi) is 11.2. The van der Waals surface area contributed by atoms with Crippen molar-refractivity contribution in [3.8, 4) is 17.6 Å². The second kappa shape index (κ2) is 15.7. The van der Waals surface area contributed by atoms with Gasteiger partial charge in [0.2, 0.25) is 0 Å². The van der Waals surface area contributed by atoms with Crippen molar-refractivity contribution in [3.05, 3.63) is 129 Å². The Balaban J connectivity index is 1.44. The first-order valence-electron chi connectivity index (χ1n) is 18.9. The van der Waals surface area contributed by atoms with Crippen LogP contribution < -0.4 is 20.7 Å². The third-order valence-corrected chi connectivity index (χ3v) is 13.3. The van der Waals surface area contributed by atoms with Crippen molar-refractivity contribution >= 4 is 8.53 Å². The van der Waals surface area contributed by atoms with Gasteiger partial charge in [0.25, 0.3) is 14.1 Å². The maximum Gasteiger partial charge on any atom is 0.330 e. The fourth-order valence-electron chi connectivity index (χ4n) is 8.60. The van der Waals surface area contributed by atoms with Crippen LogP contribution in [0.1, 0.15) is 69.9 Å². The van der Waals surface area contributed by atoms with E-state index in [4.69, 9.17) is 28.0 Å². The van der Waals surface area contributed by atoms with Crippen molar-refractivity contribution in [2.75, 3.05) is 20.8 Å². The highest BCUT2D eigenvalue weighted by atomic mass is 31.2. The van der Waals surface area contributed by atoms with Gasteiger partial charge in [0.1, 0.15) is 40.1 Å². The Hall–Kier alpha value is -4.48. The normalized spacial score (nSPS) is 26.9. The zero-order valence-electron chi connectivity index (χ0n) is 32.7. The van der Waals surface area contributed by atoms with Gasteiger partial charge in [0.15, 0.2) is 12.4 Å². The highest BCUT2D eigenvalue weighted by Crippen LogP contribution is 2.76. The highest BCUT2D eigenvalue weighted by Gasteiger charge is 2.91. The number of benzene rings is 3. The monoisotopic (exact) mass is 804 g/mol. The lowest BCUT2D eigenvalue weighted by Gasteiger charge is -2.43. The molecule has 15 heteroatoms. The minimum absolute atomic E-state index is 0.0199. The Bertz CT molecular complexity index is 2150. The van der Waals surface area contributed by atoms with E-state index in [1.165, 1.54) is 0 Å². The number of rotatable bonds is 16. The number of halogens is 2. The number of fused-ring (bicyclic) bond motifs is 3. The second-order valence-corrected chi connectivity index (χ2v) is 16.6. The first-order chi connectivity index (χ1) is 27.3. The zero-order valence-corrected chi connectivity index (χ0v) is 33.6. The summed E-state index contributed by atoms with van der Waals surface area (Å²) >= 11 is 0. The van der Waals surface area contributed by atoms with E-state index in [1.807, 2.05) is 87.0 Å². The van der Waals surface area contributed by atoms with Gasteiger partial charge in [-0.1, -0.05) is 54.6 Å². The number of ether oxygens (including phenoxy) is 4. The molecule has 0 radical (unpaired) electrons. The molecule has 1 saturated heterocycles. The van der Waals surface area contributed by atoms with Crippen LogP contribution in [0.15, 0.2) is 101 Å². The van der Waals surface area contributed by atoms with Gasteiger partial charge < -0.3 is 28.0 Å². The lowest BCUT2D eigenvalue weighted by Crippen LogP contribution is -2.53. The summed E-state index contributed by atoms with van der Waals surface area (Å²) in [4.78, 5) is 27.5. The number of nitriles is 1. The molecule has 1 unspecified atom stereocenters. The molecule has 2 saturated carbocycles. The molecule has 2 aliphatic carbocycles. The molecule has 0 spiro atoms. The molecular formula is C42H47F2N4O8P. The fourth-order valence-corrected chi connectivity index (χ4v) is 10.4. The van der Waals surface area contributed by atoms with E-state index in [9.17, 15) is 14.9 Å². The summed E-state index contributed by atoms with van der Waals surface area (Å²) in [6, 6.07) is 26.7. The largest absolute Gasteiger partial charge is 0.497 e. The average Bonchev–Trinajstić information content (AvgIpc) is 3.58. The zero-order chi connectivity index (χ0) is 40.8. The summed E-state index contributed by atoms with van der Waals surface area (Å²) in [6.45, 7) is 7.73. The average molecular weight is 805 g/mol. The first kappa shape index (κ1) is 40.7. The number of nitrogens with one attached hydrogen (secondary N) is 1. The highest BCUT2D eigenvalue weighted by molar-refractivity contribution is 7.44. The van der Waals surface area contributed by atoms with Crippen molar-refractivity contribution < 1.29 is 36.8 Å². The number of methoxy groups -OCH3 is 2. The predicted octanol–water partition coefficient (Wildman–Crippen LogP) is 7.08. The van der Waals surface area contributed by atoms with E-state index >= 15 is 8.78 Å². The fraction of sp³-hybridized carbons (Fsp3) is 0.452. The smallest absolute Gasteiger partial charge is 0.330 e. The number of hydrogen-bond donors (Lipinski definition) is 1. The van der Waals surface area contributed by atoms with E-state index in [2.05, 4.69) is 11.1 Å². The molecule has 12 nitrogen and oxygen atoms in total. The van der Waals surface area contributed by atoms with Gasteiger partial charge in [-0.2, -0.15) is 5.26 Å². The van der Waals surface area contributed by atoms with Crippen molar-refractivity contribution in [2.24, 2.45) is 0 Å². The van der Waals surface area contributed by atoms with Gasteiger partial charge in [-0.3, -0.25) is 14.3 Å². The van der Waals surface area contributed by atoms with Gasteiger partial charge in [-0.25, -0.2) is 18.2 Å². The molecule has 57 heavy (non-hydrogen) atoms. The lowest BCUT2D eigenvalue weighted by atomic mass is 9.79. The van der Waals surface area contributed by atoms with E-state index in [0.717, 1.165) is 16.8 Å². The summed E-state index contributed by atoms with van der Waals surface area (Å²) in [5, 5.41) is 9.38. The SMILES string of the molecule is COc1ccc(C(O[C@]23C[C@@]2(F)C[C@]2(OP(OCCC#N)N(C(C)C)C(C)C)[C@@H](F)[C@H](n4ccc(=O)[nH]c4=O)O[C@@H]23)(c2ccccc2)c2ccc(OC)cc2)cc1. The maximum atomic E-state index is 18.0. The number of aromatic amines is 1. The second-order valence-electron chi connectivity index (χ2n) is 15.2. The van der Waals surface area contributed by atoms with Crippen LogP contribution in [0.4, 0.5) is 8.78 Å². The molecule has 3 aliphatic rings. The summed E-state index contributed by atoms with van der Waals surface area (Å²) in [7, 11) is 0.976. The van der Waals surface area contributed by atoms with Crippen molar-refractivity contribution in [3.63, 3.8) is 0 Å². The summed E-state index contributed by atoms with van der Waals surface area (Å²) in [5.41, 5.74) is -7.29. The van der Waals surface area contributed by atoms with Crippen molar-refractivity contribution in [1.29, 1.82) is 5.26 Å². The molecule has 1 aliphatic heterocycles. The summed E-state index contributed by atoms with van der Waals surface area (Å²) in [5.74, 6) is 1.18. The third-order valence-electron chi connectivity index (χ3n) is 11.1. The third kappa shape index (κ3) is 6.88. The number of nitrogens with zero attached hydrogens (tertiary/aromatic N) is 3. The number of alkyl halides is 2. The van der Waals surface area contributed by atoms with Crippen LogP contribution in [0.5, 0.6) is 11.5 Å². The van der Waals surface area contributed by atoms with Gasteiger partial charge in [0.05, 0.1) is 33.3 Å². The summed E-state index contributed by atoms with van der Waals surface area (Å²) in [6.07, 6.45) is -4.72. The molecule has 2 heterocycles. The van der Waals surface area contributed by atoms with Crippen LogP contribution in [0.3, 0.4) is 0 Å². The minimum atomic E-state index is -2.17. The quantitative estimate of drug-likeness (QED) is 0.0711.